The van der Waals surface area contributed by atoms with Crippen molar-refractivity contribution in [3.8, 4) is 11.6 Å². The highest BCUT2D eigenvalue weighted by atomic mass is 32.1. The molecule has 0 N–H and O–H groups in total. The molecule has 2 aromatic heterocycles. The van der Waals surface area contributed by atoms with Gasteiger partial charge in [0.2, 0.25) is 5.88 Å². The summed E-state index contributed by atoms with van der Waals surface area (Å²) in [6.45, 7) is 6.27. The number of fused-ring (bicyclic) bond motifs is 2. The third-order valence-electron chi connectivity index (χ3n) is 6.11. The fourth-order valence-corrected chi connectivity index (χ4v) is 5.15. The summed E-state index contributed by atoms with van der Waals surface area (Å²) in [4.78, 5) is 9.54. The van der Waals surface area contributed by atoms with Gasteiger partial charge in [0.1, 0.15) is 12.9 Å². The van der Waals surface area contributed by atoms with Crippen LogP contribution in [0.5, 0.6) is 11.6 Å². The molecule has 1 aliphatic heterocycles. The Balaban J connectivity index is 1.05. The lowest BCUT2D eigenvalue weighted by atomic mass is 10.2. The molecule has 0 amide bonds. The zero-order chi connectivity index (χ0) is 21.8. The van der Waals surface area contributed by atoms with Crippen LogP contribution in [-0.4, -0.2) is 49.2 Å². The molecule has 3 heterocycles. The lowest BCUT2D eigenvalue weighted by Crippen LogP contribution is -2.46. The summed E-state index contributed by atoms with van der Waals surface area (Å²) in [6, 6.07) is 18.7. The van der Waals surface area contributed by atoms with Crippen LogP contribution in [0.4, 0.5) is 5.69 Å². The average Bonchev–Trinajstić information content (AvgIpc) is 3.33. The van der Waals surface area contributed by atoms with Gasteiger partial charge < -0.3 is 14.4 Å². The molecule has 1 fully saturated rings. The average molecular weight is 447 g/mol. The fourth-order valence-electron chi connectivity index (χ4n) is 4.34. The zero-order valence-electron chi connectivity index (χ0n) is 18.2. The molecule has 0 bridgehead atoms. The number of pyridine rings is 1. The number of aromatic nitrogens is 1. The molecule has 0 atom stereocenters. The van der Waals surface area contributed by atoms with E-state index >= 15 is 0 Å². The van der Waals surface area contributed by atoms with Crippen LogP contribution in [0.3, 0.4) is 0 Å². The standard InChI is InChI=1S/C26H28N3O2S/c1-30-26-10-8-20-7-9-21(19-23(20)27-26)31-17-3-2-12-28-13-15-29(16-14-28)24-5-4-6-25-22(24)11-18-32-25/h4-11,18-19H,1-3,12-17H2. The van der Waals surface area contributed by atoms with Crippen LogP contribution in [0.15, 0.2) is 60.0 Å². The van der Waals surface area contributed by atoms with Gasteiger partial charge >= 0.3 is 0 Å². The maximum Gasteiger partial charge on any atom is 0.213 e. The van der Waals surface area contributed by atoms with Crippen molar-refractivity contribution in [3.05, 3.63) is 67.1 Å². The van der Waals surface area contributed by atoms with Gasteiger partial charge in [-0.1, -0.05) is 6.07 Å². The number of unbranched alkanes of at least 4 members (excludes halogenated alkanes) is 1. The highest BCUT2D eigenvalue weighted by Crippen LogP contribution is 2.31. The Bertz CT molecular complexity index is 1180. The van der Waals surface area contributed by atoms with Crippen LogP contribution in [0.25, 0.3) is 21.0 Å². The first kappa shape index (κ1) is 21.0. The Morgan fingerprint density at radius 1 is 0.969 bits per heavy atom. The first-order valence-corrected chi connectivity index (χ1v) is 12.1. The topological polar surface area (TPSA) is 37.8 Å². The number of hydrogen-bond donors (Lipinski definition) is 0. The maximum absolute atomic E-state index is 5.96. The fraction of sp³-hybridized carbons (Fsp3) is 0.308. The quantitative estimate of drug-likeness (QED) is 0.329. The van der Waals surface area contributed by atoms with E-state index in [9.17, 15) is 0 Å². The van der Waals surface area contributed by atoms with Gasteiger partial charge in [0.05, 0.1) is 12.1 Å². The molecule has 0 unspecified atom stereocenters. The molecule has 1 saturated heterocycles. The van der Waals surface area contributed by atoms with Crippen molar-refractivity contribution < 1.29 is 9.47 Å². The minimum atomic E-state index is 0.516. The number of piperazine rings is 1. The molecule has 1 radical (unpaired) electrons. The highest BCUT2D eigenvalue weighted by molar-refractivity contribution is 7.17. The van der Waals surface area contributed by atoms with E-state index in [4.69, 9.17) is 9.47 Å². The van der Waals surface area contributed by atoms with Crippen LogP contribution >= 0.6 is 11.3 Å². The van der Waals surface area contributed by atoms with Crippen LogP contribution < -0.4 is 14.4 Å². The summed E-state index contributed by atoms with van der Waals surface area (Å²) >= 11 is 1.82. The molecule has 4 aromatic rings. The van der Waals surface area contributed by atoms with Gasteiger partial charge in [0.15, 0.2) is 0 Å². The van der Waals surface area contributed by atoms with Crippen molar-refractivity contribution >= 4 is 38.0 Å². The van der Waals surface area contributed by atoms with E-state index in [1.54, 1.807) is 0 Å². The summed E-state index contributed by atoms with van der Waals surface area (Å²) in [7, 11) is 3.42. The van der Waals surface area contributed by atoms with Crippen molar-refractivity contribution in [3.63, 3.8) is 0 Å². The van der Waals surface area contributed by atoms with E-state index in [0.29, 0.717) is 5.88 Å². The van der Waals surface area contributed by atoms with Crippen molar-refractivity contribution in [2.75, 3.05) is 44.2 Å². The minimum Gasteiger partial charge on any atom is -0.494 e. The molecular formula is C26H28N3O2S. The highest BCUT2D eigenvalue weighted by Gasteiger charge is 2.18. The third kappa shape index (κ3) is 4.66. The van der Waals surface area contributed by atoms with Crippen LogP contribution in [0, 0.1) is 7.11 Å². The first-order chi connectivity index (χ1) is 15.8. The van der Waals surface area contributed by atoms with E-state index < -0.39 is 0 Å². The van der Waals surface area contributed by atoms with E-state index in [2.05, 4.69) is 51.5 Å². The molecule has 0 spiro atoms. The SMILES string of the molecule is [CH2]Oc1ccc2ccc(OCCCCN3CCN(c4cccc5sccc45)CC3)cc2n1. The molecule has 0 aliphatic carbocycles. The molecule has 1 aliphatic rings. The third-order valence-corrected chi connectivity index (χ3v) is 6.99. The van der Waals surface area contributed by atoms with Gasteiger partial charge in [-0.15, -0.1) is 11.3 Å². The van der Waals surface area contributed by atoms with E-state index in [-0.39, 0.29) is 0 Å². The summed E-state index contributed by atoms with van der Waals surface area (Å²) in [5.41, 5.74) is 2.25. The Labute approximate surface area is 193 Å². The van der Waals surface area contributed by atoms with Crippen molar-refractivity contribution in [2.24, 2.45) is 0 Å². The zero-order valence-corrected chi connectivity index (χ0v) is 19.0. The minimum absolute atomic E-state index is 0.516. The molecule has 5 rings (SSSR count). The number of anilines is 1. The Hall–Kier alpha value is -2.83. The molecular weight excluding hydrogens is 418 g/mol. The summed E-state index contributed by atoms with van der Waals surface area (Å²) in [6.07, 6.45) is 2.19. The predicted octanol–water partition coefficient (Wildman–Crippen LogP) is 5.60. The summed E-state index contributed by atoms with van der Waals surface area (Å²) in [5.74, 6) is 1.36. The predicted molar refractivity (Wildman–Crippen MR) is 133 cm³/mol. The monoisotopic (exact) mass is 446 g/mol. The second-order valence-corrected chi connectivity index (χ2v) is 9.09. The lowest BCUT2D eigenvalue weighted by molar-refractivity contribution is 0.239. The van der Waals surface area contributed by atoms with Gasteiger partial charge in [-0.05, 0) is 61.2 Å². The lowest BCUT2D eigenvalue weighted by Gasteiger charge is -2.36. The Kier molecular flexibility index (Phi) is 6.41. The second-order valence-electron chi connectivity index (χ2n) is 8.14. The number of rotatable bonds is 8. The maximum atomic E-state index is 5.96. The Morgan fingerprint density at radius 3 is 2.72 bits per heavy atom. The van der Waals surface area contributed by atoms with Gasteiger partial charge in [-0.25, -0.2) is 4.98 Å². The normalized spacial score (nSPS) is 14.8. The van der Waals surface area contributed by atoms with E-state index in [0.717, 1.165) is 68.8 Å². The number of ether oxygens (including phenoxy) is 2. The van der Waals surface area contributed by atoms with E-state index in [1.807, 2.05) is 41.7 Å². The molecule has 6 heteroatoms. The van der Waals surface area contributed by atoms with Gasteiger partial charge in [-0.3, -0.25) is 4.90 Å². The summed E-state index contributed by atoms with van der Waals surface area (Å²) in [5, 5.41) is 4.64. The first-order valence-electron chi connectivity index (χ1n) is 11.2. The number of benzene rings is 2. The number of hydrogen-bond acceptors (Lipinski definition) is 6. The van der Waals surface area contributed by atoms with Gasteiger partial charge in [0.25, 0.3) is 0 Å². The van der Waals surface area contributed by atoms with Gasteiger partial charge in [-0.2, -0.15) is 0 Å². The van der Waals surface area contributed by atoms with Crippen LogP contribution in [0.1, 0.15) is 12.8 Å². The molecule has 5 nitrogen and oxygen atoms in total. The number of thiophene rings is 1. The van der Waals surface area contributed by atoms with Crippen molar-refractivity contribution in [1.82, 2.24) is 9.88 Å². The molecule has 165 valence electrons. The number of nitrogens with zero attached hydrogens (tertiary/aromatic N) is 3. The largest absolute Gasteiger partial charge is 0.494 e. The molecule has 32 heavy (non-hydrogen) atoms. The van der Waals surface area contributed by atoms with E-state index in [1.165, 1.54) is 15.8 Å². The van der Waals surface area contributed by atoms with Crippen molar-refractivity contribution in [1.29, 1.82) is 0 Å². The van der Waals surface area contributed by atoms with Crippen molar-refractivity contribution in [2.45, 2.75) is 12.8 Å². The Morgan fingerprint density at radius 2 is 1.84 bits per heavy atom. The molecule has 2 aromatic carbocycles. The van der Waals surface area contributed by atoms with Crippen LogP contribution in [-0.2, 0) is 0 Å². The second kappa shape index (κ2) is 9.76. The van der Waals surface area contributed by atoms with Gasteiger partial charge in [0, 0.05) is 59.5 Å². The smallest absolute Gasteiger partial charge is 0.213 e. The molecule has 0 saturated carbocycles. The summed E-state index contributed by atoms with van der Waals surface area (Å²) < 4.78 is 12.3. The van der Waals surface area contributed by atoms with Crippen LogP contribution in [0.2, 0.25) is 0 Å².